The molecule has 0 aromatic heterocycles. The molecule has 118 valence electrons. The van der Waals surface area contributed by atoms with Gasteiger partial charge in [-0.15, -0.1) is 6.58 Å². The first kappa shape index (κ1) is 18.0. The van der Waals surface area contributed by atoms with Gasteiger partial charge in [-0.3, -0.25) is 0 Å². The zero-order chi connectivity index (χ0) is 15.3. The summed E-state index contributed by atoms with van der Waals surface area (Å²) in [5.41, 5.74) is 1.10. The fraction of sp³-hybridized carbons (Fsp3) is 0.529. The van der Waals surface area contributed by atoms with Crippen LogP contribution in [0.4, 0.5) is 0 Å². The van der Waals surface area contributed by atoms with E-state index in [1.807, 2.05) is 24.3 Å². The summed E-state index contributed by atoms with van der Waals surface area (Å²) in [6.45, 7) is 7.64. The first-order chi connectivity index (χ1) is 10.3. The topological polar surface area (TPSA) is 35.1 Å². The van der Waals surface area contributed by atoms with Crippen LogP contribution in [-0.2, 0) is 11.2 Å². The maximum Gasteiger partial charge on any atom is 0.122 e. The molecule has 0 bridgehead atoms. The Balaban J connectivity index is 2.16. The molecule has 0 heterocycles. The largest absolute Gasteiger partial charge is 0.493 e. The molecule has 1 rings (SSSR count). The van der Waals surface area contributed by atoms with Crippen LogP contribution in [0.2, 0.25) is 5.02 Å². The fourth-order valence-electron chi connectivity index (χ4n) is 2.09. The third-order valence-corrected chi connectivity index (χ3v) is 3.44. The van der Waals surface area contributed by atoms with Crippen molar-refractivity contribution < 1.29 is 14.8 Å². The minimum absolute atomic E-state index is 0.741. The lowest BCUT2D eigenvalue weighted by molar-refractivity contribution is -0.655. The van der Waals surface area contributed by atoms with Crippen LogP contribution in [0.25, 0.3) is 0 Å². The Morgan fingerprint density at radius 2 is 2.00 bits per heavy atom. The summed E-state index contributed by atoms with van der Waals surface area (Å²) in [7, 11) is 1.74. The van der Waals surface area contributed by atoms with Crippen molar-refractivity contribution in [3.05, 3.63) is 41.4 Å². The van der Waals surface area contributed by atoms with E-state index in [2.05, 4.69) is 11.9 Å². The van der Waals surface area contributed by atoms with Crippen LogP contribution in [0, 0.1) is 0 Å². The van der Waals surface area contributed by atoms with E-state index in [4.69, 9.17) is 21.1 Å². The van der Waals surface area contributed by atoms with Crippen LogP contribution in [0.5, 0.6) is 5.75 Å². The molecule has 0 aliphatic rings. The van der Waals surface area contributed by atoms with Crippen molar-refractivity contribution in [2.45, 2.75) is 25.7 Å². The molecule has 0 radical (unpaired) electrons. The minimum Gasteiger partial charge on any atom is -0.493 e. The third kappa shape index (κ3) is 8.10. The van der Waals surface area contributed by atoms with Gasteiger partial charge in [-0.2, -0.15) is 0 Å². The van der Waals surface area contributed by atoms with Crippen molar-refractivity contribution in [1.82, 2.24) is 0 Å². The zero-order valence-corrected chi connectivity index (χ0v) is 13.7. The predicted molar refractivity (Wildman–Crippen MR) is 88.2 cm³/mol. The van der Waals surface area contributed by atoms with Crippen molar-refractivity contribution in [3.63, 3.8) is 0 Å². The Labute approximate surface area is 133 Å². The number of quaternary nitrogens is 1. The second-order valence-corrected chi connectivity index (χ2v) is 5.45. The third-order valence-electron chi connectivity index (χ3n) is 3.20. The van der Waals surface area contributed by atoms with Gasteiger partial charge in [-0.05, 0) is 43.0 Å². The lowest BCUT2D eigenvalue weighted by atomic mass is 10.1. The van der Waals surface area contributed by atoms with Crippen molar-refractivity contribution in [1.29, 1.82) is 0 Å². The highest BCUT2D eigenvalue weighted by Crippen LogP contribution is 2.23. The predicted octanol–water partition coefficient (Wildman–Crippen LogP) is 2.83. The Bertz CT molecular complexity index is 410. The van der Waals surface area contributed by atoms with E-state index in [0.717, 1.165) is 68.3 Å². The average molecular weight is 313 g/mol. The highest BCUT2D eigenvalue weighted by atomic mass is 35.5. The van der Waals surface area contributed by atoms with E-state index >= 15 is 0 Å². The Kier molecular flexibility index (Phi) is 9.96. The molecule has 2 N–H and O–H groups in total. The molecule has 0 aliphatic carbocycles. The van der Waals surface area contributed by atoms with Crippen LogP contribution in [0.1, 0.15) is 24.8 Å². The number of hydrogen-bond donors (Lipinski definition) is 1. The summed E-state index contributed by atoms with van der Waals surface area (Å²) in [5, 5.41) is 3.08. The molecule has 0 spiro atoms. The summed E-state index contributed by atoms with van der Waals surface area (Å²) >= 11 is 6.00. The highest BCUT2D eigenvalue weighted by molar-refractivity contribution is 6.30. The summed E-state index contributed by atoms with van der Waals surface area (Å²) in [4.78, 5) is 0. The number of benzene rings is 1. The maximum atomic E-state index is 6.00. The number of ether oxygens (including phenoxy) is 2. The standard InChI is InChI=1S/C17H26ClNO2/c1-3-7-15-14-16(18)8-9-17(15)21-13-5-4-10-19-11-6-12-20-2/h3,8-9,14,19H,1,4-7,10-13H2,2H3/p+1. The normalized spacial score (nSPS) is 10.6. The number of unbranched alkanes of at least 4 members (excludes halogenated alkanes) is 1. The molecule has 1 aromatic carbocycles. The van der Waals surface area contributed by atoms with Gasteiger partial charge in [-0.25, -0.2) is 0 Å². The Morgan fingerprint density at radius 3 is 2.76 bits per heavy atom. The number of nitrogens with two attached hydrogens (primary N) is 1. The molecule has 0 unspecified atom stereocenters. The molecule has 1 aromatic rings. The molecule has 0 saturated heterocycles. The lowest BCUT2D eigenvalue weighted by Crippen LogP contribution is -2.84. The molecule has 3 nitrogen and oxygen atoms in total. The zero-order valence-electron chi connectivity index (χ0n) is 12.9. The molecule has 0 aliphatic heterocycles. The van der Waals surface area contributed by atoms with E-state index in [9.17, 15) is 0 Å². The van der Waals surface area contributed by atoms with Gasteiger partial charge in [0.2, 0.25) is 0 Å². The van der Waals surface area contributed by atoms with Crippen LogP contribution < -0.4 is 10.1 Å². The van der Waals surface area contributed by atoms with Gasteiger partial charge in [0, 0.05) is 18.6 Å². The molecule has 0 fully saturated rings. The van der Waals surface area contributed by atoms with Gasteiger partial charge in [0.25, 0.3) is 0 Å². The van der Waals surface area contributed by atoms with Crippen molar-refractivity contribution in [3.8, 4) is 5.75 Å². The number of rotatable bonds is 12. The first-order valence-corrected chi connectivity index (χ1v) is 7.98. The van der Waals surface area contributed by atoms with Gasteiger partial charge in [-0.1, -0.05) is 17.7 Å². The number of allylic oxidation sites excluding steroid dienone is 1. The van der Waals surface area contributed by atoms with Gasteiger partial charge in [0.1, 0.15) is 5.75 Å². The van der Waals surface area contributed by atoms with E-state index in [-0.39, 0.29) is 0 Å². The van der Waals surface area contributed by atoms with Gasteiger partial charge in [0.05, 0.1) is 26.3 Å². The highest BCUT2D eigenvalue weighted by Gasteiger charge is 2.03. The summed E-state index contributed by atoms with van der Waals surface area (Å²) in [6, 6.07) is 5.76. The quantitative estimate of drug-likeness (QED) is 0.476. The molecular weight excluding hydrogens is 286 g/mol. The van der Waals surface area contributed by atoms with Gasteiger partial charge in [0.15, 0.2) is 0 Å². The van der Waals surface area contributed by atoms with Crippen molar-refractivity contribution >= 4 is 11.6 Å². The molecule has 4 heteroatoms. The lowest BCUT2D eigenvalue weighted by Gasteiger charge is -2.10. The second-order valence-electron chi connectivity index (χ2n) is 5.01. The smallest absolute Gasteiger partial charge is 0.122 e. The van der Waals surface area contributed by atoms with Crippen molar-refractivity contribution in [2.24, 2.45) is 0 Å². The summed E-state index contributed by atoms with van der Waals surface area (Å²) < 4.78 is 10.9. The first-order valence-electron chi connectivity index (χ1n) is 7.60. The van der Waals surface area contributed by atoms with Crippen LogP contribution in [0.15, 0.2) is 30.9 Å². The molecular formula is C17H27ClNO2+. The van der Waals surface area contributed by atoms with E-state index in [1.54, 1.807) is 7.11 Å². The molecule has 0 saturated carbocycles. The summed E-state index contributed by atoms with van der Waals surface area (Å²) in [5.74, 6) is 0.920. The molecule has 0 amide bonds. The van der Waals surface area contributed by atoms with E-state index in [1.165, 1.54) is 0 Å². The number of methoxy groups -OCH3 is 1. The van der Waals surface area contributed by atoms with Crippen LogP contribution >= 0.6 is 11.6 Å². The average Bonchev–Trinajstić information content (AvgIpc) is 2.48. The monoisotopic (exact) mass is 312 g/mol. The van der Waals surface area contributed by atoms with Gasteiger partial charge >= 0.3 is 0 Å². The fourth-order valence-corrected chi connectivity index (χ4v) is 2.29. The van der Waals surface area contributed by atoms with E-state index in [0.29, 0.717) is 0 Å². The Hall–Kier alpha value is -1.03. The summed E-state index contributed by atoms with van der Waals surface area (Å²) in [6.07, 6.45) is 5.99. The van der Waals surface area contributed by atoms with E-state index < -0.39 is 0 Å². The minimum atomic E-state index is 0.741. The van der Waals surface area contributed by atoms with Crippen LogP contribution in [0.3, 0.4) is 0 Å². The Morgan fingerprint density at radius 1 is 1.19 bits per heavy atom. The number of halogens is 1. The van der Waals surface area contributed by atoms with Gasteiger partial charge < -0.3 is 14.8 Å². The number of hydrogen-bond acceptors (Lipinski definition) is 2. The molecule has 21 heavy (non-hydrogen) atoms. The second kappa shape index (κ2) is 11.6. The SMILES string of the molecule is C=CCc1cc(Cl)ccc1OCCCC[NH2+]CCCOC. The maximum absolute atomic E-state index is 6.00. The molecule has 0 atom stereocenters. The van der Waals surface area contributed by atoms with Crippen LogP contribution in [-0.4, -0.2) is 33.4 Å². The van der Waals surface area contributed by atoms with Crippen molar-refractivity contribution in [2.75, 3.05) is 33.4 Å².